The molecule has 2 aromatic heterocycles. The number of hydrogen-bond donors (Lipinski definition) is 2. The fourth-order valence-electron chi connectivity index (χ4n) is 3.34. The number of hydrogen-bond acceptors (Lipinski definition) is 5. The number of carbonyl (C=O) groups is 1. The predicted molar refractivity (Wildman–Crippen MR) is 112 cm³/mol. The minimum atomic E-state index is -0.167. The number of benzene rings is 1. The Morgan fingerprint density at radius 3 is 2.43 bits per heavy atom. The van der Waals surface area contributed by atoms with Crippen molar-refractivity contribution in [1.82, 2.24) is 9.97 Å². The lowest BCUT2D eigenvalue weighted by Gasteiger charge is -2.29. The molecule has 28 heavy (non-hydrogen) atoms. The molecular weight excluding hydrogens is 350 g/mol. The summed E-state index contributed by atoms with van der Waals surface area (Å²) in [6.45, 7) is 1.89. The van der Waals surface area contributed by atoms with Crippen LogP contribution in [0.3, 0.4) is 0 Å². The third kappa shape index (κ3) is 4.28. The largest absolute Gasteiger partial charge is 0.356 e. The van der Waals surface area contributed by atoms with Gasteiger partial charge in [0.1, 0.15) is 11.6 Å². The Morgan fingerprint density at radius 1 is 0.857 bits per heavy atom. The number of nitrogens with one attached hydrogen (secondary N) is 2. The summed E-state index contributed by atoms with van der Waals surface area (Å²) < 4.78 is 0. The third-order valence-corrected chi connectivity index (χ3v) is 4.75. The molecule has 142 valence electrons. The average Bonchev–Trinajstić information content (AvgIpc) is 2.76. The molecule has 0 saturated carbocycles. The van der Waals surface area contributed by atoms with Gasteiger partial charge in [0.2, 0.25) is 0 Å². The molecule has 0 aliphatic carbocycles. The number of amides is 1. The quantitative estimate of drug-likeness (QED) is 0.691. The van der Waals surface area contributed by atoms with Crippen LogP contribution in [-0.4, -0.2) is 29.0 Å². The lowest BCUT2D eigenvalue weighted by atomic mass is 10.1. The summed E-state index contributed by atoms with van der Waals surface area (Å²) >= 11 is 0. The molecule has 3 aromatic rings. The van der Waals surface area contributed by atoms with Gasteiger partial charge in [-0.05, 0) is 55.7 Å². The van der Waals surface area contributed by atoms with E-state index in [1.165, 1.54) is 6.42 Å². The second-order valence-corrected chi connectivity index (χ2v) is 6.80. The topological polar surface area (TPSA) is 70.1 Å². The zero-order chi connectivity index (χ0) is 19.2. The van der Waals surface area contributed by atoms with Crippen molar-refractivity contribution in [2.24, 2.45) is 0 Å². The van der Waals surface area contributed by atoms with E-state index in [9.17, 15) is 4.79 Å². The zero-order valence-corrected chi connectivity index (χ0v) is 15.6. The number of aromatic nitrogens is 2. The molecule has 3 heterocycles. The van der Waals surface area contributed by atoms with E-state index in [1.807, 2.05) is 48.5 Å². The molecule has 1 amide bonds. The first kappa shape index (κ1) is 18.0. The van der Waals surface area contributed by atoms with Crippen molar-refractivity contribution in [3.05, 3.63) is 72.6 Å². The van der Waals surface area contributed by atoms with Crippen LogP contribution in [0.25, 0.3) is 0 Å². The van der Waals surface area contributed by atoms with Gasteiger partial charge < -0.3 is 15.5 Å². The molecule has 0 radical (unpaired) electrons. The van der Waals surface area contributed by atoms with E-state index >= 15 is 0 Å². The maximum Gasteiger partial charge on any atom is 0.259 e. The van der Waals surface area contributed by atoms with Crippen LogP contribution in [0.2, 0.25) is 0 Å². The lowest BCUT2D eigenvalue weighted by Crippen LogP contribution is -2.32. The fourth-order valence-corrected chi connectivity index (χ4v) is 3.34. The van der Waals surface area contributed by atoms with E-state index in [0.29, 0.717) is 11.3 Å². The first-order valence-corrected chi connectivity index (χ1v) is 9.59. The average molecular weight is 373 g/mol. The molecule has 1 aliphatic heterocycles. The first-order chi connectivity index (χ1) is 13.8. The molecule has 4 rings (SSSR count). The number of piperidine rings is 1. The second-order valence-electron chi connectivity index (χ2n) is 6.80. The molecule has 6 nitrogen and oxygen atoms in total. The Balaban J connectivity index is 1.45. The molecule has 0 bridgehead atoms. The van der Waals surface area contributed by atoms with Crippen LogP contribution in [0, 0.1) is 0 Å². The molecule has 6 heteroatoms. The Bertz CT molecular complexity index is 921. The van der Waals surface area contributed by atoms with Gasteiger partial charge in [0, 0.05) is 25.0 Å². The van der Waals surface area contributed by atoms with Crippen LogP contribution in [0.5, 0.6) is 0 Å². The minimum Gasteiger partial charge on any atom is -0.356 e. The Kier molecular flexibility index (Phi) is 5.47. The van der Waals surface area contributed by atoms with Gasteiger partial charge in [-0.1, -0.05) is 18.2 Å². The van der Waals surface area contributed by atoms with Crippen molar-refractivity contribution in [3.8, 4) is 0 Å². The number of para-hydroxylation sites is 1. The highest BCUT2D eigenvalue weighted by molar-refractivity contribution is 6.07. The van der Waals surface area contributed by atoms with E-state index in [1.54, 1.807) is 18.5 Å². The van der Waals surface area contributed by atoms with Gasteiger partial charge in [-0.3, -0.25) is 4.79 Å². The summed E-state index contributed by atoms with van der Waals surface area (Å²) in [6, 6.07) is 17.1. The van der Waals surface area contributed by atoms with Gasteiger partial charge in [0.25, 0.3) is 5.91 Å². The van der Waals surface area contributed by atoms with E-state index in [2.05, 4.69) is 25.5 Å². The van der Waals surface area contributed by atoms with Crippen molar-refractivity contribution in [1.29, 1.82) is 0 Å². The van der Waals surface area contributed by atoms with Crippen LogP contribution in [0.1, 0.15) is 29.6 Å². The van der Waals surface area contributed by atoms with E-state index in [4.69, 9.17) is 0 Å². The van der Waals surface area contributed by atoms with Crippen molar-refractivity contribution in [3.63, 3.8) is 0 Å². The van der Waals surface area contributed by atoms with Gasteiger partial charge in [0.05, 0.1) is 17.4 Å². The summed E-state index contributed by atoms with van der Waals surface area (Å²) in [7, 11) is 0. The summed E-state index contributed by atoms with van der Waals surface area (Å²) in [5.41, 5.74) is 2.21. The van der Waals surface area contributed by atoms with Crippen LogP contribution in [0.15, 0.2) is 67.0 Å². The van der Waals surface area contributed by atoms with Gasteiger partial charge in [-0.2, -0.15) is 0 Å². The number of pyridine rings is 2. The highest BCUT2D eigenvalue weighted by Crippen LogP contribution is 2.23. The number of carbonyl (C=O) groups excluding carboxylic acids is 1. The SMILES string of the molecule is O=C(Nc1ccc(Nc2ccccc2)nc1)c1cccnc1N1CCCCC1. The van der Waals surface area contributed by atoms with E-state index in [0.717, 1.165) is 43.3 Å². The van der Waals surface area contributed by atoms with Crippen molar-refractivity contribution < 1.29 is 4.79 Å². The number of anilines is 4. The maximum absolute atomic E-state index is 12.8. The molecule has 1 saturated heterocycles. The van der Waals surface area contributed by atoms with Crippen molar-refractivity contribution in [2.75, 3.05) is 28.6 Å². The molecule has 1 fully saturated rings. The normalized spacial score (nSPS) is 13.8. The molecule has 0 unspecified atom stereocenters. The van der Waals surface area contributed by atoms with Gasteiger partial charge in [-0.25, -0.2) is 9.97 Å². The molecule has 1 aromatic carbocycles. The van der Waals surface area contributed by atoms with Gasteiger partial charge >= 0.3 is 0 Å². The van der Waals surface area contributed by atoms with Gasteiger partial charge in [-0.15, -0.1) is 0 Å². The van der Waals surface area contributed by atoms with Crippen LogP contribution < -0.4 is 15.5 Å². The van der Waals surface area contributed by atoms with Crippen LogP contribution >= 0.6 is 0 Å². The molecule has 0 spiro atoms. The standard InChI is InChI=1S/C22H23N5O/c28-22(19-10-7-13-23-21(19)27-14-5-2-6-15-27)26-18-11-12-20(24-16-18)25-17-8-3-1-4-9-17/h1,3-4,7-13,16H,2,5-6,14-15H2,(H,24,25)(H,26,28). The molecule has 0 atom stereocenters. The Morgan fingerprint density at radius 2 is 1.68 bits per heavy atom. The fraction of sp³-hybridized carbons (Fsp3) is 0.227. The highest BCUT2D eigenvalue weighted by Gasteiger charge is 2.19. The number of rotatable bonds is 5. The Labute approximate surface area is 164 Å². The molecular formula is C22H23N5O. The van der Waals surface area contributed by atoms with Crippen LogP contribution in [-0.2, 0) is 0 Å². The summed E-state index contributed by atoms with van der Waals surface area (Å²) in [6.07, 6.45) is 6.90. The predicted octanol–water partition coefficient (Wildman–Crippen LogP) is 4.46. The van der Waals surface area contributed by atoms with Crippen molar-refractivity contribution >= 4 is 28.9 Å². The monoisotopic (exact) mass is 373 g/mol. The second kappa shape index (κ2) is 8.52. The zero-order valence-electron chi connectivity index (χ0n) is 15.6. The maximum atomic E-state index is 12.8. The highest BCUT2D eigenvalue weighted by atomic mass is 16.1. The molecule has 1 aliphatic rings. The number of nitrogens with zero attached hydrogens (tertiary/aromatic N) is 3. The minimum absolute atomic E-state index is 0.167. The van der Waals surface area contributed by atoms with Crippen LogP contribution in [0.4, 0.5) is 23.0 Å². The first-order valence-electron chi connectivity index (χ1n) is 9.59. The van der Waals surface area contributed by atoms with E-state index in [-0.39, 0.29) is 5.91 Å². The lowest BCUT2D eigenvalue weighted by molar-refractivity contribution is 0.102. The smallest absolute Gasteiger partial charge is 0.259 e. The summed E-state index contributed by atoms with van der Waals surface area (Å²) in [4.78, 5) is 23.9. The van der Waals surface area contributed by atoms with E-state index < -0.39 is 0 Å². The van der Waals surface area contributed by atoms with Gasteiger partial charge in [0.15, 0.2) is 0 Å². The molecule has 2 N–H and O–H groups in total. The van der Waals surface area contributed by atoms with Crippen molar-refractivity contribution in [2.45, 2.75) is 19.3 Å². The summed E-state index contributed by atoms with van der Waals surface area (Å²) in [5, 5.41) is 6.16. The summed E-state index contributed by atoms with van der Waals surface area (Å²) in [5.74, 6) is 1.31. The third-order valence-electron chi connectivity index (χ3n) is 4.75. The Hall–Kier alpha value is -3.41.